The third kappa shape index (κ3) is 2.45. The van der Waals surface area contributed by atoms with Crippen molar-refractivity contribution < 1.29 is 9.59 Å². The van der Waals surface area contributed by atoms with Crippen LogP contribution < -0.4 is 5.32 Å². The smallest absolute Gasteiger partial charge is 0.261 e. The second kappa shape index (κ2) is 5.60. The van der Waals surface area contributed by atoms with Gasteiger partial charge in [-0.15, -0.1) is 0 Å². The van der Waals surface area contributed by atoms with Gasteiger partial charge in [0, 0.05) is 12.2 Å². The molecule has 2 aromatic rings. The van der Waals surface area contributed by atoms with Crippen molar-refractivity contribution in [1.29, 1.82) is 0 Å². The van der Waals surface area contributed by atoms with Crippen molar-refractivity contribution in [2.24, 2.45) is 0 Å². The summed E-state index contributed by atoms with van der Waals surface area (Å²) in [6, 6.07) is 10.7. The predicted octanol–water partition coefficient (Wildman–Crippen LogP) is 2.62. The maximum absolute atomic E-state index is 12.4. The average Bonchev–Trinajstić information content (AvgIpc) is 2.73. The first kappa shape index (κ1) is 14.3. The molecule has 2 amide bonds. The van der Waals surface area contributed by atoms with Crippen LogP contribution in [0.2, 0.25) is 0 Å². The number of amides is 2. The van der Waals surface area contributed by atoms with Gasteiger partial charge in [-0.2, -0.15) is 0 Å². The van der Waals surface area contributed by atoms with Crippen LogP contribution in [0.3, 0.4) is 0 Å². The minimum Gasteiger partial charge on any atom is -0.370 e. The Hall–Kier alpha value is -2.69. The first-order valence-electron chi connectivity index (χ1n) is 7.27. The number of rotatable bonds is 4. The van der Waals surface area contributed by atoms with E-state index in [9.17, 15) is 9.59 Å². The highest BCUT2D eigenvalue weighted by Gasteiger charge is 2.34. The Balaban J connectivity index is 1.89. The van der Waals surface area contributed by atoms with Crippen molar-refractivity contribution in [1.82, 2.24) is 9.88 Å². The van der Waals surface area contributed by atoms with E-state index in [-0.39, 0.29) is 18.4 Å². The average molecular weight is 295 g/mol. The molecule has 0 spiro atoms. The van der Waals surface area contributed by atoms with Crippen LogP contribution in [0, 0.1) is 6.92 Å². The number of pyridine rings is 1. The zero-order valence-electron chi connectivity index (χ0n) is 12.6. The van der Waals surface area contributed by atoms with E-state index >= 15 is 0 Å². The molecule has 0 atom stereocenters. The van der Waals surface area contributed by atoms with Crippen LogP contribution in [-0.4, -0.2) is 28.2 Å². The molecule has 1 N–H and O–H groups in total. The summed E-state index contributed by atoms with van der Waals surface area (Å²) in [5, 5.41) is 3.15. The summed E-state index contributed by atoms with van der Waals surface area (Å²) in [6.07, 6.45) is 0. The van der Waals surface area contributed by atoms with Crippen LogP contribution in [0.5, 0.6) is 0 Å². The third-order valence-corrected chi connectivity index (χ3v) is 3.59. The van der Waals surface area contributed by atoms with E-state index in [1.807, 2.05) is 26.0 Å². The molecule has 0 fully saturated rings. The van der Waals surface area contributed by atoms with Gasteiger partial charge in [0.2, 0.25) is 0 Å². The zero-order valence-corrected chi connectivity index (χ0v) is 12.6. The predicted molar refractivity (Wildman–Crippen MR) is 83.8 cm³/mol. The van der Waals surface area contributed by atoms with Gasteiger partial charge in [-0.1, -0.05) is 12.1 Å². The number of carbonyl (C=O) groups excluding carboxylic acids is 2. The van der Waals surface area contributed by atoms with Gasteiger partial charge in [0.1, 0.15) is 5.82 Å². The molecule has 1 aromatic carbocycles. The van der Waals surface area contributed by atoms with E-state index in [1.54, 1.807) is 24.3 Å². The van der Waals surface area contributed by atoms with Gasteiger partial charge in [0.05, 0.1) is 17.7 Å². The standard InChI is InChI=1S/C17H17N3O2/c1-3-18-15-9-12(8-11(2)19-15)10-20-16(21)13-6-4-5-7-14(13)17(20)22/h4-9H,3,10H2,1-2H3,(H,18,19). The minimum absolute atomic E-state index is 0.236. The summed E-state index contributed by atoms with van der Waals surface area (Å²) in [4.78, 5) is 30.4. The third-order valence-electron chi connectivity index (χ3n) is 3.59. The molecule has 5 heteroatoms. The van der Waals surface area contributed by atoms with E-state index in [4.69, 9.17) is 0 Å². The summed E-state index contributed by atoms with van der Waals surface area (Å²) in [6.45, 7) is 4.91. The van der Waals surface area contributed by atoms with Crippen LogP contribution in [0.1, 0.15) is 38.9 Å². The summed E-state index contributed by atoms with van der Waals surface area (Å²) >= 11 is 0. The number of nitrogens with one attached hydrogen (secondary N) is 1. The maximum atomic E-state index is 12.4. The summed E-state index contributed by atoms with van der Waals surface area (Å²) < 4.78 is 0. The fourth-order valence-electron chi connectivity index (χ4n) is 2.67. The summed E-state index contributed by atoms with van der Waals surface area (Å²) in [5.41, 5.74) is 2.69. The molecule has 5 nitrogen and oxygen atoms in total. The van der Waals surface area contributed by atoms with Crippen molar-refractivity contribution >= 4 is 17.6 Å². The Bertz CT molecular complexity index is 720. The molecule has 0 saturated carbocycles. The first-order valence-corrected chi connectivity index (χ1v) is 7.27. The highest BCUT2D eigenvalue weighted by molar-refractivity contribution is 6.21. The van der Waals surface area contributed by atoms with Crippen LogP contribution in [0.25, 0.3) is 0 Å². The molecule has 0 radical (unpaired) electrons. The fraction of sp³-hybridized carbons (Fsp3) is 0.235. The molecule has 1 aromatic heterocycles. The molecule has 0 aliphatic carbocycles. The van der Waals surface area contributed by atoms with Crippen molar-refractivity contribution in [2.75, 3.05) is 11.9 Å². The second-order valence-corrected chi connectivity index (χ2v) is 5.27. The van der Waals surface area contributed by atoms with E-state index in [0.717, 1.165) is 23.6 Å². The highest BCUT2D eigenvalue weighted by Crippen LogP contribution is 2.24. The van der Waals surface area contributed by atoms with Crippen molar-refractivity contribution in [2.45, 2.75) is 20.4 Å². The van der Waals surface area contributed by atoms with Gasteiger partial charge in [-0.25, -0.2) is 4.98 Å². The number of aromatic nitrogens is 1. The maximum Gasteiger partial charge on any atom is 0.261 e. The van der Waals surface area contributed by atoms with Gasteiger partial charge in [-0.05, 0) is 43.7 Å². The van der Waals surface area contributed by atoms with E-state index in [0.29, 0.717) is 11.1 Å². The SMILES string of the molecule is CCNc1cc(CN2C(=O)c3ccccc3C2=O)cc(C)n1. The van der Waals surface area contributed by atoms with Gasteiger partial charge >= 0.3 is 0 Å². The number of hydrogen-bond acceptors (Lipinski definition) is 4. The Morgan fingerprint density at radius 1 is 1.09 bits per heavy atom. The molecule has 1 aliphatic heterocycles. The molecular weight excluding hydrogens is 278 g/mol. The lowest BCUT2D eigenvalue weighted by Gasteiger charge is -2.15. The molecule has 0 bridgehead atoms. The summed E-state index contributed by atoms with van der Waals surface area (Å²) in [5.74, 6) is 0.286. The Kier molecular flexibility index (Phi) is 3.63. The topological polar surface area (TPSA) is 62.3 Å². The second-order valence-electron chi connectivity index (χ2n) is 5.27. The largest absolute Gasteiger partial charge is 0.370 e. The molecule has 0 unspecified atom stereocenters. The van der Waals surface area contributed by atoms with Crippen LogP contribution >= 0.6 is 0 Å². The summed E-state index contributed by atoms with van der Waals surface area (Å²) in [7, 11) is 0. The molecule has 22 heavy (non-hydrogen) atoms. The van der Waals surface area contributed by atoms with Crippen molar-refractivity contribution in [3.05, 3.63) is 58.8 Å². The lowest BCUT2D eigenvalue weighted by atomic mass is 10.1. The number of aryl methyl sites for hydroxylation is 1. The van der Waals surface area contributed by atoms with E-state index in [2.05, 4.69) is 10.3 Å². The number of carbonyl (C=O) groups is 2. The normalized spacial score (nSPS) is 13.5. The number of benzene rings is 1. The molecule has 112 valence electrons. The van der Waals surface area contributed by atoms with Crippen molar-refractivity contribution in [3.63, 3.8) is 0 Å². The van der Waals surface area contributed by atoms with E-state index < -0.39 is 0 Å². The van der Waals surface area contributed by atoms with Gasteiger partial charge in [-0.3, -0.25) is 14.5 Å². The lowest BCUT2D eigenvalue weighted by Crippen LogP contribution is -2.29. The number of hydrogen-bond donors (Lipinski definition) is 1. The van der Waals surface area contributed by atoms with Crippen molar-refractivity contribution in [3.8, 4) is 0 Å². The Morgan fingerprint density at radius 3 is 2.32 bits per heavy atom. The van der Waals surface area contributed by atoms with Gasteiger partial charge < -0.3 is 5.32 Å². The zero-order chi connectivity index (χ0) is 15.7. The van der Waals surface area contributed by atoms with Crippen LogP contribution in [0.4, 0.5) is 5.82 Å². The molecule has 3 rings (SSSR count). The first-order chi connectivity index (χ1) is 10.6. The van der Waals surface area contributed by atoms with Gasteiger partial charge in [0.15, 0.2) is 0 Å². The molecule has 1 aliphatic rings. The number of imide groups is 1. The van der Waals surface area contributed by atoms with Crippen LogP contribution in [0.15, 0.2) is 36.4 Å². The lowest BCUT2D eigenvalue weighted by molar-refractivity contribution is 0.0642. The highest BCUT2D eigenvalue weighted by atomic mass is 16.2. The quantitative estimate of drug-likeness (QED) is 0.881. The monoisotopic (exact) mass is 295 g/mol. The molecule has 2 heterocycles. The Labute approximate surface area is 129 Å². The Morgan fingerprint density at radius 2 is 1.73 bits per heavy atom. The molecule has 0 saturated heterocycles. The molecular formula is C17H17N3O2. The fourth-order valence-corrected chi connectivity index (χ4v) is 2.67. The van der Waals surface area contributed by atoms with Crippen LogP contribution in [-0.2, 0) is 6.54 Å². The number of anilines is 1. The minimum atomic E-state index is -0.236. The van der Waals surface area contributed by atoms with E-state index in [1.165, 1.54) is 4.90 Å². The number of nitrogens with zero attached hydrogens (tertiary/aromatic N) is 2. The van der Waals surface area contributed by atoms with Gasteiger partial charge in [0.25, 0.3) is 11.8 Å². The number of fused-ring (bicyclic) bond motifs is 1.